The van der Waals surface area contributed by atoms with E-state index in [1.165, 1.54) is 0 Å². The van der Waals surface area contributed by atoms with Crippen LogP contribution in [0.25, 0.3) is 0 Å². The zero-order valence-corrected chi connectivity index (χ0v) is 8.50. The Morgan fingerprint density at radius 3 is 2.75 bits per heavy atom. The van der Waals surface area contributed by atoms with Crippen molar-refractivity contribution in [3.05, 3.63) is 0 Å². The van der Waals surface area contributed by atoms with Crippen molar-refractivity contribution in [3.63, 3.8) is 0 Å². The molecule has 0 aromatic rings. The van der Waals surface area contributed by atoms with E-state index in [1.54, 1.807) is 0 Å². The van der Waals surface area contributed by atoms with Gasteiger partial charge in [-0.1, -0.05) is 5.16 Å². The fraction of sp³-hybridized carbons (Fsp3) is 0.875. The molecule has 1 saturated heterocycles. The Bertz CT molecular complexity index is 251. The SMILES string of the molecule is NC(=NO)C(CNC1CCOC1)C(F)(F)F. The van der Waals surface area contributed by atoms with Crippen LogP contribution in [0.3, 0.4) is 0 Å². The molecule has 1 aliphatic heterocycles. The molecule has 8 heteroatoms. The van der Waals surface area contributed by atoms with Crippen LogP contribution in [0.5, 0.6) is 0 Å². The zero-order chi connectivity index (χ0) is 12.2. The number of rotatable bonds is 4. The van der Waals surface area contributed by atoms with Crippen LogP contribution in [0.2, 0.25) is 0 Å². The highest BCUT2D eigenvalue weighted by molar-refractivity contribution is 5.83. The predicted octanol–water partition coefficient (Wildman–Crippen LogP) is 0.290. The number of oxime groups is 1. The van der Waals surface area contributed by atoms with Gasteiger partial charge in [-0.3, -0.25) is 0 Å². The van der Waals surface area contributed by atoms with Gasteiger partial charge >= 0.3 is 6.18 Å². The number of nitrogens with zero attached hydrogens (tertiary/aromatic N) is 1. The molecule has 16 heavy (non-hydrogen) atoms. The zero-order valence-electron chi connectivity index (χ0n) is 8.50. The van der Waals surface area contributed by atoms with Gasteiger partial charge in [0.05, 0.1) is 6.61 Å². The monoisotopic (exact) mass is 241 g/mol. The molecule has 0 radical (unpaired) electrons. The molecular formula is C8H14F3N3O2. The van der Waals surface area contributed by atoms with E-state index in [-0.39, 0.29) is 6.04 Å². The Kier molecular flexibility index (Phi) is 4.36. The molecule has 0 saturated carbocycles. The first kappa shape index (κ1) is 13.0. The minimum atomic E-state index is -4.53. The van der Waals surface area contributed by atoms with Gasteiger partial charge in [-0.15, -0.1) is 0 Å². The van der Waals surface area contributed by atoms with Gasteiger partial charge in [-0.25, -0.2) is 0 Å². The van der Waals surface area contributed by atoms with Crippen LogP contribution in [-0.4, -0.2) is 43.0 Å². The molecule has 1 aliphatic rings. The van der Waals surface area contributed by atoms with E-state index >= 15 is 0 Å². The number of halogens is 3. The quantitative estimate of drug-likeness (QED) is 0.286. The average molecular weight is 241 g/mol. The maximum absolute atomic E-state index is 12.5. The van der Waals surface area contributed by atoms with Gasteiger partial charge < -0.3 is 21.0 Å². The lowest BCUT2D eigenvalue weighted by atomic mass is 10.1. The topological polar surface area (TPSA) is 79.9 Å². The van der Waals surface area contributed by atoms with Crippen LogP contribution in [0.1, 0.15) is 6.42 Å². The predicted molar refractivity (Wildman–Crippen MR) is 50.2 cm³/mol. The number of ether oxygens (including phenoxy) is 1. The summed E-state index contributed by atoms with van der Waals surface area (Å²) < 4.78 is 42.5. The molecule has 1 rings (SSSR count). The molecule has 0 aromatic heterocycles. The van der Waals surface area contributed by atoms with Crippen LogP contribution in [0.4, 0.5) is 13.2 Å². The van der Waals surface area contributed by atoms with Crippen LogP contribution in [0.15, 0.2) is 5.16 Å². The van der Waals surface area contributed by atoms with E-state index in [0.717, 1.165) is 0 Å². The van der Waals surface area contributed by atoms with Crippen molar-refractivity contribution in [1.82, 2.24) is 5.32 Å². The summed E-state index contributed by atoms with van der Waals surface area (Å²) in [6.45, 7) is 0.520. The number of hydrogen-bond donors (Lipinski definition) is 3. The number of hydrogen-bond acceptors (Lipinski definition) is 4. The highest BCUT2D eigenvalue weighted by Crippen LogP contribution is 2.26. The standard InChI is InChI=1S/C8H14F3N3O2/c9-8(10,11)6(7(12)14-15)3-13-5-1-2-16-4-5/h5-6,13,15H,1-4H2,(H2,12,14). The first-order valence-electron chi connectivity index (χ1n) is 4.80. The van der Waals surface area contributed by atoms with E-state index in [1.807, 2.05) is 0 Å². The Morgan fingerprint density at radius 2 is 2.31 bits per heavy atom. The minimum Gasteiger partial charge on any atom is -0.409 e. The van der Waals surface area contributed by atoms with Crippen molar-refractivity contribution in [2.75, 3.05) is 19.8 Å². The lowest BCUT2D eigenvalue weighted by Crippen LogP contribution is -2.45. The second kappa shape index (κ2) is 5.35. The van der Waals surface area contributed by atoms with E-state index < -0.39 is 24.5 Å². The van der Waals surface area contributed by atoms with E-state index in [2.05, 4.69) is 10.5 Å². The number of nitrogens with two attached hydrogens (primary N) is 1. The van der Waals surface area contributed by atoms with Crippen molar-refractivity contribution >= 4 is 5.84 Å². The molecule has 2 atom stereocenters. The first-order chi connectivity index (χ1) is 7.45. The summed E-state index contributed by atoms with van der Waals surface area (Å²) in [5.74, 6) is -2.81. The molecule has 0 amide bonds. The van der Waals surface area contributed by atoms with E-state index in [0.29, 0.717) is 19.6 Å². The summed E-state index contributed by atoms with van der Waals surface area (Å²) in [4.78, 5) is 0. The Hall–Kier alpha value is -1.02. The average Bonchev–Trinajstić information content (AvgIpc) is 2.68. The second-order valence-electron chi connectivity index (χ2n) is 3.59. The Balaban J connectivity index is 2.50. The molecule has 0 aliphatic carbocycles. The number of alkyl halides is 3. The molecule has 1 heterocycles. The molecule has 0 bridgehead atoms. The fourth-order valence-electron chi connectivity index (χ4n) is 1.44. The third-order valence-electron chi connectivity index (χ3n) is 2.41. The Morgan fingerprint density at radius 1 is 1.62 bits per heavy atom. The molecule has 4 N–H and O–H groups in total. The maximum Gasteiger partial charge on any atom is 0.400 e. The summed E-state index contributed by atoms with van der Waals surface area (Å²) >= 11 is 0. The van der Waals surface area contributed by atoms with Crippen molar-refractivity contribution in [2.24, 2.45) is 16.8 Å². The van der Waals surface area contributed by atoms with Gasteiger partial charge in [-0.05, 0) is 6.42 Å². The maximum atomic E-state index is 12.5. The molecular weight excluding hydrogens is 227 g/mol. The van der Waals surface area contributed by atoms with E-state index in [9.17, 15) is 13.2 Å². The number of nitrogens with one attached hydrogen (secondary N) is 1. The minimum absolute atomic E-state index is 0.101. The van der Waals surface area contributed by atoms with Gasteiger partial charge in [0.1, 0.15) is 5.92 Å². The molecule has 5 nitrogen and oxygen atoms in total. The second-order valence-corrected chi connectivity index (χ2v) is 3.59. The highest BCUT2D eigenvalue weighted by atomic mass is 19.4. The van der Waals surface area contributed by atoms with Crippen molar-refractivity contribution in [3.8, 4) is 0 Å². The summed E-state index contributed by atoms with van der Waals surface area (Å²) in [5, 5.41) is 13.4. The van der Waals surface area contributed by atoms with Crippen LogP contribution >= 0.6 is 0 Å². The molecule has 1 fully saturated rings. The third-order valence-corrected chi connectivity index (χ3v) is 2.41. The first-order valence-corrected chi connectivity index (χ1v) is 4.80. The molecule has 0 spiro atoms. The largest absolute Gasteiger partial charge is 0.409 e. The van der Waals surface area contributed by atoms with Crippen molar-refractivity contribution in [2.45, 2.75) is 18.6 Å². The van der Waals surface area contributed by atoms with Crippen LogP contribution < -0.4 is 11.1 Å². The van der Waals surface area contributed by atoms with Gasteiger partial charge in [-0.2, -0.15) is 13.2 Å². The summed E-state index contributed by atoms with van der Waals surface area (Å²) in [6, 6.07) is -0.101. The normalized spacial score (nSPS) is 24.7. The third kappa shape index (κ3) is 3.53. The fourth-order valence-corrected chi connectivity index (χ4v) is 1.44. The van der Waals surface area contributed by atoms with Gasteiger partial charge in [0, 0.05) is 19.2 Å². The smallest absolute Gasteiger partial charge is 0.400 e. The van der Waals surface area contributed by atoms with Gasteiger partial charge in [0.2, 0.25) is 0 Å². The lowest BCUT2D eigenvalue weighted by Gasteiger charge is -2.21. The molecule has 94 valence electrons. The number of amidine groups is 1. The van der Waals surface area contributed by atoms with Crippen molar-refractivity contribution < 1.29 is 23.1 Å². The van der Waals surface area contributed by atoms with Crippen LogP contribution in [0, 0.1) is 5.92 Å². The molecule has 2 unspecified atom stereocenters. The highest BCUT2D eigenvalue weighted by Gasteiger charge is 2.42. The van der Waals surface area contributed by atoms with Crippen molar-refractivity contribution in [1.29, 1.82) is 0 Å². The van der Waals surface area contributed by atoms with Gasteiger partial charge in [0.25, 0.3) is 0 Å². The Labute approximate surface area is 90.4 Å². The summed E-state index contributed by atoms with van der Waals surface area (Å²) in [7, 11) is 0. The lowest BCUT2D eigenvalue weighted by molar-refractivity contribution is -0.155. The molecule has 0 aromatic carbocycles. The summed E-state index contributed by atoms with van der Waals surface area (Å²) in [6.07, 6.45) is -3.86. The summed E-state index contributed by atoms with van der Waals surface area (Å²) in [5.41, 5.74) is 5.00. The van der Waals surface area contributed by atoms with Crippen LogP contribution in [-0.2, 0) is 4.74 Å². The van der Waals surface area contributed by atoms with Gasteiger partial charge in [0.15, 0.2) is 5.84 Å². The van der Waals surface area contributed by atoms with E-state index in [4.69, 9.17) is 15.7 Å².